The topological polar surface area (TPSA) is 56.7 Å². The molecule has 0 bridgehead atoms. The Morgan fingerprint density at radius 1 is 0.451 bits per heavy atom. The molecule has 0 unspecified atom stereocenters. The van der Waals surface area contributed by atoms with E-state index in [0.29, 0.717) is 17.5 Å². The molecule has 3 aromatic heterocycles. The van der Waals surface area contributed by atoms with Gasteiger partial charge in [0.2, 0.25) is 0 Å². The number of fused-ring (bicyclic) bond motifs is 7. The van der Waals surface area contributed by atoms with Crippen LogP contribution in [-0.4, -0.2) is 19.5 Å². The summed E-state index contributed by atoms with van der Waals surface area (Å²) in [5.74, 6) is 1.88. The number of furan rings is 1. The van der Waals surface area contributed by atoms with Crippen molar-refractivity contribution >= 4 is 43.7 Å². The SMILES string of the molecule is Cc1cccc(-c2cc(-c3nc(-c4ccccc4)nc(-c4ccccc4)n3)ccc2-n2c3ccccc3c3ccc4c5ccccc5oc4c32)c1. The molecule has 0 aliphatic rings. The Balaban J connectivity index is 1.27. The molecule has 0 fully saturated rings. The largest absolute Gasteiger partial charge is 0.454 e. The lowest BCUT2D eigenvalue weighted by Crippen LogP contribution is -2.02. The van der Waals surface area contributed by atoms with Crippen LogP contribution in [0.4, 0.5) is 0 Å². The van der Waals surface area contributed by atoms with E-state index < -0.39 is 0 Å². The summed E-state index contributed by atoms with van der Waals surface area (Å²) in [4.78, 5) is 15.1. The van der Waals surface area contributed by atoms with Crippen molar-refractivity contribution in [3.05, 3.63) is 169 Å². The second-order valence-electron chi connectivity index (χ2n) is 12.9. The second kappa shape index (κ2) is 11.6. The van der Waals surface area contributed by atoms with Crippen molar-refractivity contribution in [1.29, 1.82) is 0 Å². The monoisotopic (exact) mass is 654 g/mol. The zero-order chi connectivity index (χ0) is 33.9. The third kappa shape index (κ3) is 4.82. The van der Waals surface area contributed by atoms with Crippen molar-refractivity contribution in [2.75, 3.05) is 0 Å². The van der Waals surface area contributed by atoms with Gasteiger partial charge in [0.15, 0.2) is 23.1 Å². The van der Waals surface area contributed by atoms with Gasteiger partial charge in [-0.3, -0.25) is 0 Å². The molecule has 0 saturated carbocycles. The van der Waals surface area contributed by atoms with Gasteiger partial charge in [0.05, 0.1) is 16.7 Å². The molecule has 0 radical (unpaired) electrons. The van der Waals surface area contributed by atoms with Crippen LogP contribution in [0.3, 0.4) is 0 Å². The highest BCUT2D eigenvalue weighted by Gasteiger charge is 2.22. The first-order valence-corrected chi connectivity index (χ1v) is 17.1. The van der Waals surface area contributed by atoms with Crippen LogP contribution in [0.25, 0.3) is 94.7 Å². The average molecular weight is 655 g/mol. The lowest BCUT2D eigenvalue weighted by atomic mass is 9.98. The van der Waals surface area contributed by atoms with Crippen molar-refractivity contribution in [2.45, 2.75) is 6.92 Å². The van der Waals surface area contributed by atoms with Gasteiger partial charge in [-0.05, 0) is 48.9 Å². The van der Waals surface area contributed by atoms with E-state index in [2.05, 4.69) is 102 Å². The summed E-state index contributed by atoms with van der Waals surface area (Å²) >= 11 is 0. The van der Waals surface area contributed by atoms with Gasteiger partial charge >= 0.3 is 0 Å². The fourth-order valence-corrected chi connectivity index (χ4v) is 7.33. The van der Waals surface area contributed by atoms with E-state index in [1.54, 1.807) is 0 Å². The number of rotatable bonds is 5. The number of aromatic nitrogens is 4. The molecule has 5 heteroatoms. The highest BCUT2D eigenvalue weighted by Crippen LogP contribution is 2.42. The molecule has 5 nitrogen and oxygen atoms in total. The number of para-hydroxylation sites is 2. The predicted octanol–water partition coefficient (Wildman–Crippen LogP) is 11.8. The van der Waals surface area contributed by atoms with Crippen molar-refractivity contribution in [1.82, 2.24) is 19.5 Å². The zero-order valence-electron chi connectivity index (χ0n) is 27.8. The highest BCUT2D eigenvalue weighted by atomic mass is 16.3. The van der Waals surface area contributed by atoms with Crippen molar-refractivity contribution in [3.8, 4) is 51.0 Å². The molecule has 10 aromatic rings. The Kier molecular flexibility index (Phi) is 6.64. The van der Waals surface area contributed by atoms with Gasteiger partial charge in [-0.1, -0.05) is 133 Å². The lowest BCUT2D eigenvalue weighted by Gasteiger charge is -2.16. The maximum Gasteiger partial charge on any atom is 0.164 e. The van der Waals surface area contributed by atoms with E-state index >= 15 is 0 Å². The Labute approximate surface area is 294 Å². The van der Waals surface area contributed by atoms with Crippen molar-refractivity contribution < 1.29 is 4.42 Å². The smallest absolute Gasteiger partial charge is 0.164 e. The third-order valence-corrected chi connectivity index (χ3v) is 9.70. The van der Waals surface area contributed by atoms with Crippen molar-refractivity contribution in [2.24, 2.45) is 0 Å². The summed E-state index contributed by atoms with van der Waals surface area (Å²) < 4.78 is 9.05. The molecule has 240 valence electrons. The first-order chi connectivity index (χ1) is 25.2. The molecule has 0 atom stereocenters. The minimum absolute atomic E-state index is 0.616. The van der Waals surface area contributed by atoms with E-state index in [9.17, 15) is 0 Å². The van der Waals surface area contributed by atoms with E-state index in [4.69, 9.17) is 19.4 Å². The number of nitrogens with zero attached hydrogens (tertiary/aromatic N) is 4. The average Bonchev–Trinajstić information content (AvgIpc) is 3.74. The van der Waals surface area contributed by atoms with Crippen LogP contribution in [0.15, 0.2) is 168 Å². The fourth-order valence-electron chi connectivity index (χ4n) is 7.33. The van der Waals surface area contributed by atoms with Crippen LogP contribution in [0, 0.1) is 6.92 Å². The zero-order valence-corrected chi connectivity index (χ0v) is 27.8. The maximum absolute atomic E-state index is 6.68. The van der Waals surface area contributed by atoms with Gasteiger partial charge in [0.25, 0.3) is 0 Å². The van der Waals surface area contributed by atoms with Crippen LogP contribution in [0.2, 0.25) is 0 Å². The molecule has 7 aromatic carbocycles. The molecule has 0 aliphatic heterocycles. The Morgan fingerprint density at radius 3 is 1.78 bits per heavy atom. The molecule has 0 amide bonds. The fraction of sp³-hybridized carbons (Fsp3) is 0.0217. The minimum atomic E-state index is 0.616. The molecule has 3 heterocycles. The van der Waals surface area contributed by atoms with Gasteiger partial charge in [-0.25, -0.2) is 15.0 Å². The molecule has 0 aliphatic carbocycles. The van der Waals surface area contributed by atoms with Crippen LogP contribution in [0.1, 0.15) is 5.56 Å². The van der Waals surface area contributed by atoms with E-state index in [0.717, 1.165) is 71.9 Å². The van der Waals surface area contributed by atoms with Crippen LogP contribution >= 0.6 is 0 Å². The molecular weight excluding hydrogens is 625 g/mol. The van der Waals surface area contributed by atoms with Crippen LogP contribution in [0.5, 0.6) is 0 Å². The van der Waals surface area contributed by atoms with Crippen LogP contribution in [-0.2, 0) is 0 Å². The van der Waals surface area contributed by atoms with Crippen LogP contribution < -0.4 is 0 Å². The highest BCUT2D eigenvalue weighted by molar-refractivity contribution is 6.21. The molecule has 51 heavy (non-hydrogen) atoms. The van der Waals surface area contributed by atoms with Gasteiger partial charge in [-0.2, -0.15) is 0 Å². The minimum Gasteiger partial charge on any atom is -0.454 e. The van der Waals surface area contributed by atoms with Gasteiger partial charge in [-0.15, -0.1) is 0 Å². The summed E-state index contributed by atoms with van der Waals surface area (Å²) in [5.41, 5.74) is 11.1. The molecule has 0 saturated heterocycles. The quantitative estimate of drug-likeness (QED) is 0.185. The second-order valence-corrected chi connectivity index (χ2v) is 12.9. The third-order valence-electron chi connectivity index (χ3n) is 9.70. The lowest BCUT2D eigenvalue weighted by molar-refractivity contribution is 0.671. The Morgan fingerprint density at radius 2 is 1.06 bits per heavy atom. The van der Waals surface area contributed by atoms with E-state index in [1.165, 1.54) is 10.9 Å². The summed E-state index contributed by atoms with van der Waals surface area (Å²) in [6, 6.07) is 56.7. The molecule has 10 rings (SSSR count). The maximum atomic E-state index is 6.68. The summed E-state index contributed by atoms with van der Waals surface area (Å²) in [5, 5.41) is 4.53. The summed E-state index contributed by atoms with van der Waals surface area (Å²) in [6.07, 6.45) is 0. The van der Waals surface area contributed by atoms with Gasteiger partial charge < -0.3 is 8.98 Å². The number of aryl methyl sites for hydroxylation is 1. The van der Waals surface area contributed by atoms with Crippen molar-refractivity contribution in [3.63, 3.8) is 0 Å². The normalized spacial score (nSPS) is 11.6. The number of benzene rings is 7. The first kappa shape index (κ1) is 29.1. The van der Waals surface area contributed by atoms with Gasteiger partial charge in [0, 0.05) is 43.8 Å². The summed E-state index contributed by atoms with van der Waals surface area (Å²) in [7, 11) is 0. The van der Waals surface area contributed by atoms with E-state index in [-0.39, 0.29) is 0 Å². The van der Waals surface area contributed by atoms with Gasteiger partial charge in [0.1, 0.15) is 5.58 Å². The number of hydrogen-bond acceptors (Lipinski definition) is 4. The Hall–Kier alpha value is -6.85. The van der Waals surface area contributed by atoms with E-state index in [1.807, 2.05) is 72.8 Å². The molecular formula is C46H30N4O. The predicted molar refractivity (Wildman–Crippen MR) is 208 cm³/mol. The Bertz CT molecular complexity index is 2870. The molecule has 0 N–H and O–H groups in total. The standard InChI is InChI=1S/C46H30N4O/c1-29-13-12-18-32(27-29)38-28-33(46-48-44(30-14-4-2-5-15-30)47-45(49-46)31-16-6-3-7-17-31)23-26-40(38)50-39-21-10-8-19-34(39)36-24-25-37-35-20-9-11-22-41(35)51-43(37)42(36)50/h2-28H,1H3. The number of hydrogen-bond donors (Lipinski definition) is 0. The first-order valence-electron chi connectivity index (χ1n) is 17.1. The summed E-state index contributed by atoms with van der Waals surface area (Å²) in [6.45, 7) is 2.13. The molecule has 0 spiro atoms.